The number of amides is 2. The van der Waals surface area contributed by atoms with E-state index in [-0.39, 0.29) is 11.1 Å². The van der Waals surface area contributed by atoms with Crippen molar-refractivity contribution in [1.29, 1.82) is 0 Å². The molecule has 0 radical (unpaired) electrons. The van der Waals surface area contributed by atoms with Gasteiger partial charge in [-0.1, -0.05) is 51.1 Å². The number of rotatable bonds is 7. The number of hydrogen-bond donors (Lipinski definition) is 2. The number of halogens is 1. The van der Waals surface area contributed by atoms with Crippen molar-refractivity contribution in [2.24, 2.45) is 0 Å². The van der Waals surface area contributed by atoms with Crippen LogP contribution in [0.15, 0.2) is 65.3 Å². The van der Waals surface area contributed by atoms with Crippen molar-refractivity contribution in [2.45, 2.75) is 45.4 Å². The van der Waals surface area contributed by atoms with E-state index >= 15 is 0 Å². The molecule has 0 spiro atoms. The average molecular weight is 516 g/mol. The highest BCUT2D eigenvalue weighted by atomic mass is 79.9. The molecule has 32 heavy (non-hydrogen) atoms. The molecule has 0 atom stereocenters. The molecule has 170 valence electrons. The number of nitrogens with zero attached hydrogens (tertiary/aromatic N) is 2. The summed E-state index contributed by atoms with van der Waals surface area (Å²) in [4.78, 5) is 12.2. The molecule has 0 fully saturated rings. The Morgan fingerprint density at radius 3 is 2.22 bits per heavy atom. The van der Waals surface area contributed by atoms with Crippen molar-refractivity contribution in [3.8, 4) is 11.3 Å². The van der Waals surface area contributed by atoms with Gasteiger partial charge < -0.3 is 15.1 Å². The Kier molecular flexibility index (Phi) is 7.58. The van der Waals surface area contributed by atoms with Gasteiger partial charge in [0.05, 0.1) is 17.6 Å². The number of urea groups is 1. The highest BCUT2D eigenvalue weighted by molar-refractivity contribution is 9.10. The van der Waals surface area contributed by atoms with Gasteiger partial charge in [0.25, 0.3) is 0 Å². The largest absolute Gasteiger partial charge is 0.415 e. The molecule has 1 aromatic heterocycles. The third-order valence-electron chi connectivity index (χ3n) is 5.75. The van der Waals surface area contributed by atoms with Crippen molar-refractivity contribution in [2.75, 3.05) is 17.2 Å². The molecule has 8 heteroatoms. The molecule has 0 aliphatic heterocycles. The zero-order chi connectivity index (χ0) is 23.4. The molecule has 3 aromatic rings. The van der Waals surface area contributed by atoms with Crippen LogP contribution in [0.1, 0.15) is 20.8 Å². The fourth-order valence-corrected chi connectivity index (χ4v) is 4.42. The van der Waals surface area contributed by atoms with E-state index < -0.39 is 8.32 Å². The van der Waals surface area contributed by atoms with E-state index in [0.29, 0.717) is 18.8 Å². The first-order valence-electron chi connectivity index (χ1n) is 10.7. The lowest BCUT2D eigenvalue weighted by molar-refractivity contribution is 0.262. The first kappa shape index (κ1) is 24.2. The second kappa shape index (κ2) is 10.0. The van der Waals surface area contributed by atoms with E-state index in [0.717, 1.165) is 21.4 Å². The second-order valence-electron chi connectivity index (χ2n) is 9.22. The number of benzene rings is 2. The molecule has 0 unspecified atom stereocenters. The van der Waals surface area contributed by atoms with Crippen LogP contribution in [0.4, 0.5) is 16.2 Å². The number of aromatic nitrogens is 2. The maximum absolute atomic E-state index is 12.2. The fraction of sp³-hybridized carbons (Fsp3) is 0.333. The number of anilines is 2. The summed E-state index contributed by atoms with van der Waals surface area (Å²) in [5.74, 6) is 0. The molecule has 0 saturated heterocycles. The molecule has 0 aliphatic rings. The monoisotopic (exact) mass is 514 g/mol. The van der Waals surface area contributed by atoms with Gasteiger partial charge in [0.2, 0.25) is 0 Å². The predicted molar refractivity (Wildman–Crippen MR) is 138 cm³/mol. The third-order valence-corrected chi connectivity index (χ3v) is 10.9. The highest BCUT2D eigenvalue weighted by Crippen LogP contribution is 2.36. The third kappa shape index (κ3) is 6.31. The maximum Gasteiger partial charge on any atom is 0.323 e. The van der Waals surface area contributed by atoms with Gasteiger partial charge in [-0.3, -0.25) is 4.68 Å². The lowest BCUT2D eigenvalue weighted by atomic mass is 10.1. The van der Waals surface area contributed by atoms with Crippen LogP contribution < -0.4 is 10.6 Å². The minimum absolute atomic E-state index is 0.191. The second-order valence-corrected chi connectivity index (χ2v) is 14.9. The van der Waals surface area contributed by atoms with Crippen molar-refractivity contribution in [3.63, 3.8) is 0 Å². The van der Waals surface area contributed by atoms with Crippen LogP contribution >= 0.6 is 15.9 Å². The number of carbonyl (C=O) groups is 1. The van der Waals surface area contributed by atoms with Crippen LogP contribution in [0.5, 0.6) is 0 Å². The lowest BCUT2D eigenvalue weighted by Crippen LogP contribution is -2.41. The standard InChI is InChI=1S/C24H31BrN4O2Si/c1-24(2,3)32(4,5)31-16-15-29-17-21(25)22(28-29)18-11-13-20(14-12-18)27-23(30)26-19-9-7-6-8-10-19/h6-14,17H,15-16H2,1-5H3,(H2,26,27,30). The Hall–Kier alpha value is -2.42. The van der Waals surface area contributed by atoms with Crippen LogP contribution in [-0.4, -0.2) is 30.7 Å². The molecule has 3 rings (SSSR count). The summed E-state index contributed by atoms with van der Waals surface area (Å²) in [7, 11) is -1.77. The zero-order valence-corrected chi connectivity index (χ0v) is 21.9. The van der Waals surface area contributed by atoms with Gasteiger partial charge >= 0.3 is 6.03 Å². The van der Waals surface area contributed by atoms with Gasteiger partial charge in [-0.25, -0.2) is 4.79 Å². The van der Waals surface area contributed by atoms with Crippen LogP contribution in [-0.2, 0) is 11.0 Å². The SMILES string of the molecule is CC(C)(C)[Si](C)(C)OCCn1cc(Br)c(-c2ccc(NC(=O)Nc3ccccc3)cc2)n1. The first-order chi connectivity index (χ1) is 15.0. The highest BCUT2D eigenvalue weighted by Gasteiger charge is 2.36. The van der Waals surface area contributed by atoms with Crippen molar-refractivity contribution < 1.29 is 9.22 Å². The summed E-state index contributed by atoms with van der Waals surface area (Å²) < 4.78 is 9.10. The molecule has 2 N–H and O–H groups in total. The van der Waals surface area contributed by atoms with Crippen LogP contribution in [0.2, 0.25) is 18.1 Å². The van der Waals surface area contributed by atoms with Crippen LogP contribution in [0, 0.1) is 0 Å². The Labute approximate surface area is 199 Å². The average Bonchev–Trinajstić information content (AvgIpc) is 3.08. The fourth-order valence-electron chi connectivity index (χ4n) is 2.84. The van der Waals surface area contributed by atoms with Gasteiger partial charge in [-0.05, 0) is 58.3 Å². The molecule has 2 aromatic carbocycles. The van der Waals surface area contributed by atoms with Crippen molar-refractivity contribution >= 4 is 41.7 Å². The number of para-hydroxylation sites is 1. The Balaban J connectivity index is 1.59. The van der Waals surface area contributed by atoms with Gasteiger partial charge in [0.1, 0.15) is 5.69 Å². The summed E-state index contributed by atoms with van der Waals surface area (Å²) in [5, 5.41) is 10.6. The van der Waals surface area contributed by atoms with Crippen LogP contribution in [0.25, 0.3) is 11.3 Å². The van der Waals surface area contributed by atoms with Gasteiger partial charge in [0, 0.05) is 23.1 Å². The Morgan fingerprint density at radius 2 is 1.62 bits per heavy atom. The van der Waals surface area contributed by atoms with Crippen molar-refractivity contribution in [3.05, 3.63) is 65.3 Å². The molecule has 0 saturated carbocycles. The summed E-state index contributed by atoms with van der Waals surface area (Å²) in [6, 6.07) is 16.7. The molecule has 1 heterocycles. The number of nitrogens with one attached hydrogen (secondary N) is 2. The quantitative estimate of drug-likeness (QED) is 0.334. The molecule has 0 bridgehead atoms. The minimum Gasteiger partial charge on any atom is -0.415 e. The van der Waals surface area contributed by atoms with E-state index in [9.17, 15) is 4.79 Å². The maximum atomic E-state index is 12.2. The minimum atomic E-state index is -1.77. The van der Waals surface area contributed by atoms with Crippen molar-refractivity contribution in [1.82, 2.24) is 9.78 Å². The van der Waals surface area contributed by atoms with E-state index in [2.05, 4.69) is 60.4 Å². The van der Waals surface area contributed by atoms with E-state index in [4.69, 9.17) is 9.52 Å². The van der Waals surface area contributed by atoms with Gasteiger partial charge in [0.15, 0.2) is 8.32 Å². The van der Waals surface area contributed by atoms with Gasteiger partial charge in [-0.15, -0.1) is 0 Å². The zero-order valence-electron chi connectivity index (χ0n) is 19.3. The summed E-state index contributed by atoms with van der Waals surface area (Å²) in [6.45, 7) is 12.6. The first-order valence-corrected chi connectivity index (χ1v) is 14.4. The van der Waals surface area contributed by atoms with E-state index in [1.54, 1.807) is 0 Å². The molecule has 2 amide bonds. The smallest absolute Gasteiger partial charge is 0.323 e. The normalized spacial score (nSPS) is 11.9. The lowest BCUT2D eigenvalue weighted by Gasteiger charge is -2.36. The molecular weight excluding hydrogens is 484 g/mol. The van der Waals surface area contributed by atoms with E-state index in [1.165, 1.54) is 0 Å². The molecule has 0 aliphatic carbocycles. The van der Waals surface area contributed by atoms with Gasteiger partial charge in [-0.2, -0.15) is 5.10 Å². The molecule has 6 nitrogen and oxygen atoms in total. The number of carbonyl (C=O) groups excluding carboxylic acids is 1. The Morgan fingerprint density at radius 1 is 1.03 bits per heavy atom. The predicted octanol–water partition coefficient (Wildman–Crippen LogP) is 6.98. The van der Waals surface area contributed by atoms with Crippen LogP contribution in [0.3, 0.4) is 0 Å². The molecular formula is C24H31BrN4O2Si. The summed E-state index contributed by atoms with van der Waals surface area (Å²) in [6.07, 6.45) is 1.98. The number of hydrogen-bond acceptors (Lipinski definition) is 3. The van der Waals surface area contributed by atoms with E-state index in [1.807, 2.05) is 65.5 Å². The summed E-state index contributed by atoms with van der Waals surface area (Å²) >= 11 is 3.62. The topological polar surface area (TPSA) is 68.2 Å². The Bertz CT molecular complexity index is 1040. The summed E-state index contributed by atoms with van der Waals surface area (Å²) in [5.41, 5.74) is 3.28.